The van der Waals surface area contributed by atoms with Gasteiger partial charge in [-0.1, -0.05) is 18.2 Å². The molecular formula is C29H35N3O8S2. The molecule has 1 aliphatic carbocycles. The van der Waals surface area contributed by atoms with Crippen molar-refractivity contribution in [2.75, 3.05) is 32.8 Å². The molecule has 1 spiro atoms. The van der Waals surface area contributed by atoms with Gasteiger partial charge in [-0.2, -0.15) is 4.31 Å². The number of H-pyrrole nitrogens is 1. The molecule has 0 amide bonds. The maximum absolute atomic E-state index is 13.3. The molecule has 3 N–H and O–H groups in total. The van der Waals surface area contributed by atoms with E-state index in [1.165, 1.54) is 16.6 Å². The number of aliphatic hydroxyl groups excluding tert-OH is 1. The van der Waals surface area contributed by atoms with E-state index >= 15 is 0 Å². The highest BCUT2D eigenvalue weighted by molar-refractivity contribution is 7.92. The molecule has 6 rings (SSSR count). The number of fused-ring (bicyclic) bond motifs is 1. The fourth-order valence-corrected chi connectivity index (χ4v) is 8.99. The summed E-state index contributed by atoms with van der Waals surface area (Å²) < 4.78 is 64.8. The molecule has 226 valence electrons. The molecule has 0 radical (unpaired) electrons. The number of ether oxygens (including phenoxy) is 2. The van der Waals surface area contributed by atoms with Crippen molar-refractivity contribution in [2.45, 2.75) is 64.9 Å². The zero-order valence-electron chi connectivity index (χ0n) is 23.1. The van der Waals surface area contributed by atoms with Crippen LogP contribution in [0.5, 0.6) is 5.75 Å². The van der Waals surface area contributed by atoms with Crippen LogP contribution in [-0.4, -0.2) is 87.1 Å². The molecule has 3 fully saturated rings. The number of sulfone groups is 1. The number of aromatic amines is 1. The molecule has 2 atom stereocenters. The summed E-state index contributed by atoms with van der Waals surface area (Å²) >= 11 is 0. The van der Waals surface area contributed by atoms with Crippen LogP contribution in [0.4, 0.5) is 0 Å². The van der Waals surface area contributed by atoms with Crippen LogP contribution < -0.4 is 15.5 Å². The third-order valence-electron chi connectivity index (χ3n) is 8.40. The minimum Gasteiger partial charge on any atom is -0.491 e. The summed E-state index contributed by atoms with van der Waals surface area (Å²) in [4.78, 5) is 15.8. The van der Waals surface area contributed by atoms with Crippen LogP contribution in [0.2, 0.25) is 0 Å². The highest BCUT2D eigenvalue weighted by Crippen LogP contribution is 2.37. The second-order valence-corrected chi connectivity index (χ2v) is 15.6. The Hall–Kier alpha value is -2.81. The summed E-state index contributed by atoms with van der Waals surface area (Å²) in [5.41, 5.74) is -0.388. The number of para-hydroxylation sites is 1. The van der Waals surface area contributed by atoms with E-state index in [1.54, 1.807) is 42.5 Å². The number of piperidine rings is 1. The van der Waals surface area contributed by atoms with Crippen LogP contribution in [0.1, 0.15) is 32.1 Å². The highest BCUT2D eigenvalue weighted by atomic mass is 32.2. The van der Waals surface area contributed by atoms with Crippen LogP contribution in [0.15, 0.2) is 69.3 Å². The Morgan fingerprint density at radius 1 is 1.10 bits per heavy atom. The first-order valence-corrected chi connectivity index (χ1v) is 17.2. The maximum Gasteiger partial charge on any atom is 0.248 e. The number of nitrogens with zero attached hydrogens (tertiary/aromatic N) is 1. The first-order valence-electron chi connectivity index (χ1n) is 14.2. The first-order chi connectivity index (χ1) is 20.1. The number of hydrogen-bond acceptors (Lipinski definition) is 9. The third-order valence-corrected chi connectivity index (χ3v) is 12.6. The zero-order chi connectivity index (χ0) is 29.5. The lowest BCUT2D eigenvalue weighted by Gasteiger charge is -2.37. The van der Waals surface area contributed by atoms with Crippen molar-refractivity contribution in [3.8, 4) is 5.75 Å². The summed E-state index contributed by atoms with van der Waals surface area (Å²) in [7, 11) is -7.29. The van der Waals surface area contributed by atoms with Gasteiger partial charge in [-0.15, -0.1) is 0 Å². The predicted molar refractivity (Wildman–Crippen MR) is 156 cm³/mol. The minimum atomic E-state index is -3.97. The van der Waals surface area contributed by atoms with E-state index < -0.39 is 37.0 Å². The monoisotopic (exact) mass is 617 g/mol. The molecule has 2 aromatic carbocycles. The Kier molecular flexibility index (Phi) is 7.92. The molecule has 11 nitrogen and oxygen atoms in total. The van der Waals surface area contributed by atoms with E-state index in [4.69, 9.17) is 9.47 Å². The smallest absolute Gasteiger partial charge is 0.248 e. The molecule has 0 bridgehead atoms. The molecule has 2 aliphatic heterocycles. The van der Waals surface area contributed by atoms with Gasteiger partial charge >= 0.3 is 0 Å². The Bertz CT molecular complexity index is 1730. The Labute approximate surface area is 244 Å². The van der Waals surface area contributed by atoms with Crippen LogP contribution in [0.25, 0.3) is 10.9 Å². The standard InChI is InChI=1S/C29H35N3O8S2/c33-21(19-39-22-4-3-5-24(14-22)41(35,36)23-8-9-23)16-30-20-15-29(40-18-20)10-12-32(13-11-29)42(37,38)27-17-31-26-7-2-1-6-25(26)28(27)34/h1-7,14,17,20-21,23,30,33H,8-13,15-16,18-19H2,(H,31,34). The highest BCUT2D eigenvalue weighted by Gasteiger charge is 2.45. The molecule has 2 saturated heterocycles. The van der Waals surface area contributed by atoms with Crippen molar-refractivity contribution in [3.63, 3.8) is 0 Å². The van der Waals surface area contributed by atoms with Gasteiger partial charge in [-0.05, 0) is 62.4 Å². The fraction of sp³-hybridized carbons (Fsp3) is 0.483. The number of sulfonamides is 1. The average molecular weight is 618 g/mol. The van der Waals surface area contributed by atoms with Crippen molar-refractivity contribution in [3.05, 3.63) is 65.0 Å². The normalized spacial score (nSPS) is 22.0. The van der Waals surface area contributed by atoms with Gasteiger partial charge in [0, 0.05) is 42.8 Å². The van der Waals surface area contributed by atoms with E-state index in [0.29, 0.717) is 55.4 Å². The molecule has 13 heteroatoms. The largest absolute Gasteiger partial charge is 0.491 e. The lowest BCUT2D eigenvalue weighted by molar-refractivity contribution is -0.0312. The van der Waals surface area contributed by atoms with Crippen molar-refractivity contribution >= 4 is 30.8 Å². The van der Waals surface area contributed by atoms with Crippen molar-refractivity contribution in [1.29, 1.82) is 0 Å². The average Bonchev–Trinajstić information content (AvgIpc) is 3.79. The minimum absolute atomic E-state index is 0.000623. The molecule has 2 unspecified atom stereocenters. The number of aliphatic hydroxyl groups is 1. The van der Waals surface area contributed by atoms with E-state index in [0.717, 1.165) is 0 Å². The van der Waals surface area contributed by atoms with Crippen LogP contribution in [0.3, 0.4) is 0 Å². The van der Waals surface area contributed by atoms with Gasteiger partial charge in [0.25, 0.3) is 0 Å². The van der Waals surface area contributed by atoms with Gasteiger partial charge in [0.2, 0.25) is 15.5 Å². The number of benzene rings is 2. The van der Waals surface area contributed by atoms with Crippen molar-refractivity contribution < 1.29 is 31.4 Å². The first kappa shape index (κ1) is 29.3. The second-order valence-electron chi connectivity index (χ2n) is 11.4. The summed E-state index contributed by atoms with van der Waals surface area (Å²) in [6, 6.07) is 13.2. The van der Waals surface area contributed by atoms with Gasteiger partial charge in [0.1, 0.15) is 23.4 Å². The summed E-state index contributed by atoms with van der Waals surface area (Å²) in [6.45, 7) is 1.18. The molecule has 1 aromatic heterocycles. The summed E-state index contributed by atoms with van der Waals surface area (Å²) in [6.07, 6.45) is 3.51. The molecule has 3 aliphatic rings. The molecule has 1 saturated carbocycles. The molecule has 42 heavy (non-hydrogen) atoms. The predicted octanol–water partition coefficient (Wildman–Crippen LogP) is 1.81. The topological polar surface area (TPSA) is 155 Å². The van der Waals surface area contributed by atoms with E-state index in [1.807, 2.05) is 0 Å². The lowest BCUT2D eigenvalue weighted by atomic mass is 9.88. The fourth-order valence-electron chi connectivity index (χ4n) is 5.80. The zero-order valence-corrected chi connectivity index (χ0v) is 24.7. The van der Waals surface area contributed by atoms with E-state index in [-0.39, 0.29) is 47.3 Å². The maximum atomic E-state index is 13.3. The van der Waals surface area contributed by atoms with Gasteiger partial charge in [-0.3, -0.25) is 4.79 Å². The quantitative estimate of drug-likeness (QED) is 0.309. The van der Waals surface area contributed by atoms with Gasteiger partial charge in [-0.25, -0.2) is 16.8 Å². The number of nitrogens with one attached hydrogen (secondary N) is 2. The van der Waals surface area contributed by atoms with Crippen molar-refractivity contribution in [2.24, 2.45) is 0 Å². The van der Waals surface area contributed by atoms with Crippen molar-refractivity contribution in [1.82, 2.24) is 14.6 Å². The van der Waals surface area contributed by atoms with E-state index in [9.17, 15) is 26.7 Å². The number of aromatic nitrogens is 1. The molecular weight excluding hydrogens is 582 g/mol. The van der Waals surface area contributed by atoms with Gasteiger partial charge in [0.15, 0.2) is 9.84 Å². The van der Waals surface area contributed by atoms with Gasteiger partial charge < -0.3 is 24.9 Å². The number of rotatable bonds is 10. The molecule has 3 heterocycles. The van der Waals surface area contributed by atoms with Crippen LogP contribution >= 0.6 is 0 Å². The van der Waals surface area contributed by atoms with Crippen LogP contribution in [-0.2, 0) is 24.6 Å². The number of pyridine rings is 1. The van der Waals surface area contributed by atoms with Crippen LogP contribution in [0, 0.1) is 0 Å². The molecule has 3 aromatic rings. The Morgan fingerprint density at radius 2 is 1.86 bits per heavy atom. The lowest BCUT2D eigenvalue weighted by Crippen LogP contribution is -2.47. The summed E-state index contributed by atoms with van der Waals surface area (Å²) in [5.74, 6) is 0.395. The van der Waals surface area contributed by atoms with Gasteiger partial charge in [0.05, 0.1) is 22.4 Å². The Balaban J connectivity index is 0.986. The summed E-state index contributed by atoms with van der Waals surface area (Å²) in [5, 5.41) is 13.8. The Morgan fingerprint density at radius 3 is 2.62 bits per heavy atom. The van der Waals surface area contributed by atoms with E-state index in [2.05, 4.69) is 10.3 Å². The SMILES string of the molecule is O=c1c(S(=O)(=O)N2CCC3(CC2)CC(NCC(O)COc2cccc(S(=O)(=O)C4CC4)c2)CO3)c[nH]c2ccccc12. The number of hydrogen-bond donors (Lipinski definition) is 3. The second kappa shape index (κ2) is 11.4. The third kappa shape index (κ3) is 5.86.